The number of hydrogen-bond acceptors (Lipinski definition) is 5. The zero-order chi connectivity index (χ0) is 18.7. The van der Waals surface area contributed by atoms with E-state index in [-0.39, 0.29) is 23.5 Å². The number of methoxy groups -OCH3 is 1. The standard InChI is InChI=1S/C19H23NO5S/c1-13(2)16-10-15(8-9-17(16)23-3)26(21,22)20-11-14-12-24-18-6-4-5-7-19(18)25-14/h4-10,13-14,20H,11-12H2,1-3H3/t14-/m1/s1. The van der Waals surface area contributed by atoms with Crippen LogP contribution in [0.4, 0.5) is 0 Å². The van der Waals surface area contributed by atoms with Crippen molar-refractivity contribution in [2.45, 2.75) is 30.8 Å². The Morgan fingerprint density at radius 1 is 1.19 bits per heavy atom. The molecule has 2 aromatic carbocycles. The number of ether oxygens (including phenoxy) is 3. The minimum absolute atomic E-state index is 0.125. The SMILES string of the molecule is COc1ccc(S(=O)(=O)NC[C@@H]2COc3ccccc3O2)cc1C(C)C. The summed E-state index contributed by atoms with van der Waals surface area (Å²) >= 11 is 0. The van der Waals surface area contributed by atoms with Gasteiger partial charge in [0, 0.05) is 0 Å². The molecule has 26 heavy (non-hydrogen) atoms. The van der Waals surface area contributed by atoms with Crippen molar-refractivity contribution in [1.82, 2.24) is 4.72 Å². The highest BCUT2D eigenvalue weighted by molar-refractivity contribution is 7.89. The van der Waals surface area contributed by atoms with Crippen molar-refractivity contribution in [2.75, 3.05) is 20.3 Å². The zero-order valence-electron chi connectivity index (χ0n) is 15.1. The number of hydrogen-bond donors (Lipinski definition) is 1. The van der Waals surface area contributed by atoms with E-state index in [1.54, 1.807) is 31.4 Å². The van der Waals surface area contributed by atoms with Crippen LogP contribution in [0.25, 0.3) is 0 Å². The summed E-state index contributed by atoms with van der Waals surface area (Å²) in [6.45, 7) is 4.40. The van der Waals surface area contributed by atoms with Crippen LogP contribution in [0, 0.1) is 0 Å². The van der Waals surface area contributed by atoms with Gasteiger partial charge in [-0.1, -0.05) is 26.0 Å². The molecule has 0 radical (unpaired) electrons. The highest BCUT2D eigenvalue weighted by Crippen LogP contribution is 2.31. The molecular formula is C19H23NO5S. The Hall–Kier alpha value is -2.25. The lowest BCUT2D eigenvalue weighted by Gasteiger charge is -2.26. The van der Waals surface area contributed by atoms with Gasteiger partial charge in [-0.3, -0.25) is 0 Å². The summed E-state index contributed by atoms with van der Waals surface area (Å²) in [5.41, 5.74) is 0.849. The van der Waals surface area contributed by atoms with Crippen molar-refractivity contribution in [3.8, 4) is 17.2 Å². The Balaban J connectivity index is 1.71. The molecule has 0 spiro atoms. The molecule has 6 nitrogen and oxygen atoms in total. The van der Waals surface area contributed by atoms with E-state index in [1.165, 1.54) is 0 Å². The Kier molecular flexibility index (Phi) is 5.38. The fraction of sp³-hybridized carbons (Fsp3) is 0.368. The monoisotopic (exact) mass is 377 g/mol. The molecule has 0 saturated heterocycles. The number of nitrogens with one attached hydrogen (secondary N) is 1. The number of benzene rings is 2. The first-order valence-electron chi connectivity index (χ1n) is 8.47. The lowest BCUT2D eigenvalue weighted by atomic mass is 10.0. The number of para-hydroxylation sites is 2. The smallest absolute Gasteiger partial charge is 0.240 e. The Bertz CT molecular complexity index is 879. The molecule has 7 heteroatoms. The third-order valence-electron chi connectivity index (χ3n) is 4.20. The second-order valence-corrected chi connectivity index (χ2v) is 8.17. The Labute approximate surface area is 154 Å². The van der Waals surface area contributed by atoms with E-state index in [4.69, 9.17) is 14.2 Å². The summed E-state index contributed by atoms with van der Waals surface area (Å²) in [7, 11) is -2.08. The number of fused-ring (bicyclic) bond motifs is 1. The summed E-state index contributed by atoms with van der Waals surface area (Å²) in [5, 5.41) is 0. The molecule has 2 aromatic rings. The molecule has 0 amide bonds. The van der Waals surface area contributed by atoms with Crippen LogP contribution >= 0.6 is 0 Å². The lowest BCUT2D eigenvalue weighted by Crippen LogP contribution is -2.40. The lowest BCUT2D eigenvalue weighted by molar-refractivity contribution is 0.0943. The normalized spacial score (nSPS) is 16.5. The van der Waals surface area contributed by atoms with Gasteiger partial charge < -0.3 is 14.2 Å². The Morgan fingerprint density at radius 2 is 1.92 bits per heavy atom. The summed E-state index contributed by atoms with van der Waals surface area (Å²) < 4.78 is 44.6. The van der Waals surface area contributed by atoms with Crippen LogP contribution in [0.3, 0.4) is 0 Å². The van der Waals surface area contributed by atoms with Gasteiger partial charge in [0.2, 0.25) is 10.0 Å². The quantitative estimate of drug-likeness (QED) is 0.838. The number of sulfonamides is 1. The fourth-order valence-electron chi connectivity index (χ4n) is 2.78. The van der Waals surface area contributed by atoms with Gasteiger partial charge in [0.1, 0.15) is 18.5 Å². The predicted molar refractivity (Wildman–Crippen MR) is 98.6 cm³/mol. The molecule has 0 unspecified atom stereocenters. The average Bonchev–Trinajstić information content (AvgIpc) is 2.65. The molecule has 0 saturated carbocycles. The minimum Gasteiger partial charge on any atom is -0.496 e. The molecule has 1 atom stereocenters. The first kappa shape index (κ1) is 18.5. The average molecular weight is 377 g/mol. The maximum Gasteiger partial charge on any atom is 0.240 e. The van der Waals surface area contributed by atoms with Gasteiger partial charge in [-0.25, -0.2) is 13.1 Å². The van der Waals surface area contributed by atoms with Crippen LogP contribution in [0.1, 0.15) is 25.3 Å². The fourth-order valence-corrected chi connectivity index (χ4v) is 3.88. The largest absolute Gasteiger partial charge is 0.496 e. The van der Waals surface area contributed by atoms with Gasteiger partial charge in [-0.05, 0) is 41.8 Å². The first-order chi connectivity index (χ1) is 12.4. The first-order valence-corrected chi connectivity index (χ1v) is 9.95. The second kappa shape index (κ2) is 7.55. The highest BCUT2D eigenvalue weighted by Gasteiger charge is 2.24. The van der Waals surface area contributed by atoms with E-state index in [2.05, 4.69) is 4.72 Å². The van der Waals surface area contributed by atoms with E-state index in [0.29, 0.717) is 23.9 Å². The minimum atomic E-state index is -3.66. The maximum atomic E-state index is 12.6. The zero-order valence-corrected chi connectivity index (χ0v) is 15.9. The van der Waals surface area contributed by atoms with E-state index in [1.807, 2.05) is 32.0 Å². The van der Waals surface area contributed by atoms with E-state index in [9.17, 15) is 8.42 Å². The van der Waals surface area contributed by atoms with Crippen molar-refractivity contribution in [3.63, 3.8) is 0 Å². The molecule has 0 aliphatic carbocycles. The van der Waals surface area contributed by atoms with Crippen molar-refractivity contribution in [1.29, 1.82) is 0 Å². The van der Waals surface area contributed by atoms with Crippen LogP contribution < -0.4 is 18.9 Å². The van der Waals surface area contributed by atoms with Gasteiger partial charge in [-0.2, -0.15) is 0 Å². The van der Waals surface area contributed by atoms with Crippen LogP contribution in [-0.4, -0.2) is 34.8 Å². The predicted octanol–water partition coefficient (Wildman–Crippen LogP) is 2.94. The molecule has 1 aliphatic heterocycles. The van der Waals surface area contributed by atoms with Crippen molar-refractivity contribution in [3.05, 3.63) is 48.0 Å². The van der Waals surface area contributed by atoms with Crippen LogP contribution in [0.2, 0.25) is 0 Å². The second-order valence-electron chi connectivity index (χ2n) is 6.41. The molecule has 1 heterocycles. The molecule has 0 aromatic heterocycles. The highest BCUT2D eigenvalue weighted by atomic mass is 32.2. The third kappa shape index (κ3) is 3.94. The number of rotatable bonds is 6. The summed E-state index contributed by atoms with van der Waals surface area (Å²) in [6, 6.07) is 12.2. The van der Waals surface area contributed by atoms with E-state index >= 15 is 0 Å². The summed E-state index contributed by atoms with van der Waals surface area (Å²) in [5.74, 6) is 2.11. The third-order valence-corrected chi connectivity index (χ3v) is 5.62. The molecule has 140 valence electrons. The molecule has 0 fully saturated rings. The van der Waals surface area contributed by atoms with Crippen molar-refractivity contribution < 1.29 is 22.6 Å². The van der Waals surface area contributed by atoms with Gasteiger partial charge in [-0.15, -0.1) is 0 Å². The van der Waals surface area contributed by atoms with Gasteiger partial charge in [0.25, 0.3) is 0 Å². The maximum absolute atomic E-state index is 12.6. The summed E-state index contributed by atoms with van der Waals surface area (Å²) in [6.07, 6.45) is -0.387. The van der Waals surface area contributed by atoms with Crippen LogP contribution in [0.5, 0.6) is 17.2 Å². The topological polar surface area (TPSA) is 73.9 Å². The van der Waals surface area contributed by atoms with Gasteiger partial charge >= 0.3 is 0 Å². The molecule has 1 aliphatic rings. The molecular weight excluding hydrogens is 354 g/mol. The molecule has 0 bridgehead atoms. The summed E-state index contributed by atoms with van der Waals surface area (Å²) in [4.78, 5) is 0.208. The molecule has 1 N–H and O–H groups in total. The van der Waals surface area contributed by atoms with Crippen LogP contribution in [0.15, 0.2) is 47.4 Å². The molecule has 3 rings (SSSR count). The van der Waals surface area contributed by atoms with E-state index < -0.39 is 10.0 Å². The van der Waals surface area contributed by atoms with Gasteiger partial charge in [0.15, 0.2) is 11.5 Å². The van der Waals surface area contributed by atoms with Crippen LogP contribution in [-0.2, 0) is 10.0 Å². The van der Waals surface area contributed by atoms with Gasteiger partial charge in [0.05, 0.1) is 18.6 Å². The van der Waals surface area contributed by atoms with Crippen molar-refractivity contribution >= 4 is 10.0 Å². The van der Waals surface area contributed by atoms with E-state index in [0.717, 1.165) is 5.56 Å². The van der Waals surface area contributed by atoms with Crippen molar-refractivity contribution in [2.24, 2.45) is 0 Å². The Morgan fingerprint density at radius 3 is 2.62 bits per heavy atom.